The minimum atomic E-state index is -1.65. The summed E-state index contributed by atoms with van der Waals surface area (Å²) in [5.74, 6) is -2.50. The highest BCUT2D eigenvalue weighted by Gasteiger charge is 2.81. The van der Waals surface area contributed by atoms with Crippen LogP contribution in [-0.4, -0.2) is 42.5 Å². The summed E-state index contributed by atoms with van der Waals surface area (Å²) in [6, 6.07) is 0. The number of carbonyl (C=O) groups is 1. The molecule has 0 radical (unpaired) electrons. The molecule has 6 heteroatoms. The SMILES string of the molecule is COC(=O)C1=CO[C@@]2(O)OC[C@@]34O[C@H]3C[C@@H]1[C@@H]24. The Hall–Kier alpha value is -1.11. The summed E-state index contributed by atoms with van der Waals surface area (Å²) in [7, 11) is 1.33. The van der Waals surface area contributed by atoms with Gasteiger partial charge in [0.2, 0.25) is 0 Å². The van der Waals surface area contributed by atoms with Crippen LogP contribution < -0.4 is 0 Å². The van der Waals surface area contributed by atoms with Gasteiger partial charge >= 0.3 is 11.9 Å². The highest BCUT2D eigenvalue weighted by Crippen LogP contribution is 2.66. The molecule has 3 aliphatic heterocycles. The van der Waals surface area contributed by atoms with Gasteiger partial charge in [-0.3, -0.25) is 0 Å². The van der Waals surface area contributed by atoms with E-state index in [1.165, 1.54) is 13.4 Å². The standard InChI is InChI=1S/C11H12O6/c1-14-9(12)6-3-15-11(13)8-5(6)2-7-10(8,17-7)4-16-11/h3,5,7-8,13H,2,4H2,1H3/t5-,7-,8+,10+,11+/m0/s1. The molecule has 0 unspecified atom stereocenters. The third-order valence-electron chi connectivity index (χ3n) is 4.32. The second-order valence-corrected chi connectivity index (χ2v) is 4.98. The first-order chi connectivity index (χ1) is 8.11. The fourth-order valence-electron chi connectivity index (χ4n) is 3.51. The average Bonchev–Trinajstić information content (AvgIpc) is 2.76. The summed E-state index contributed by atoms with van der Waals surface area (Å²) in [5.41, 5.74) is 0.00953. The zero-order chi connectivity index (χ0) is 11.8. The van der Waals surface area contributed by atoms with E-state index >= 15 is 0 Å². The normalized spacial score (nSPS) is 53.3. The van der Waals surface area contributed by atoms with Crippen molar-refractivity contribution in [2.24, 2.45) is 11.8 Å². The zero-order valence-electron chi connectivity index (χ0n) is 9.21. The molecule has 0 bridgehead atoms. The van der Waals surface area contributed by atoms with E-state index in [9.17, 15) is 9.90 Å². The molecule has 0 aromatic rings. The fourth-order valence-corrected chi connectivity index (χ4v) is 3.51. The molecule has 4 aliphatic rings. The Balaban J connectivity index is 1.77. The van der Waals surface area contributed by atoms with Crippen LogP contribution in [0, 0.1) is 11.8 Å². The predicted molar refractivity (Wildman–Crippen MR) is 51.3 cm³/mol. The molecule has 0 aromatic heterocycles. The first kappa shape index (κ1) is 9.87. The maximum atomic E-state index is 11.6. The Kier molecular flexibility index (Phi) is 1.54. The third-order valence-corrected chi connectivity index (χ3v) is 4.32. The molecule has 92 valence electrons. The molecule has 17 heavy (non-hydrogen) atoms. The van der Waals surface area contributed by atoms with E-state index in [1.807, 2.05) is 0 Å². The van der Waals surface area contributed by atoms with Crippen LogP contribution in [0.5, 0.6) is 0 Å². The maximum Gasteiger partial charge on any atom is 0.337 e. The van der Waals surface area contributed by atoms with Crippen LogP contribution in [0.25, 0.3) is 0 Å². The van der Waals surface area contributed by atoms with Gasteiger partial charge in [-0.05, 0) is 6.42 Å². The van der Waals surface area contributed by atoms with Crippen LogP contribution in [0.3, 0.4) is 0 Å². The first-order valence-electron chi connectivity index (χ1n) is 5.61. The van der Waals surface area contributed by atoms with Crippen LogP contribution in [0.4, 0.5) is 0 Å². The van der Waals surface area contributed by atoms with E-state index in [2.05, 4.69) is 0 Å². The molecule has 3 fully saturated rings. The van der Waals surface area contributed by atoms with Crippen LogP contribution in [0.2, 0.25) is 0 Å². The average molecular weight is 240 g/mol. The monoisotopic (exact) mass is 240 g/mol. The van der Waals surface area contributed by atoms with Gasteiger partial charge in [0.15, 0.2) is 0 Å². The van der Waals surface area contributed by atoms with Crippen molar-refractivity contribution in [3.05, 3.63) is 11.8 Å². The van der Waals surface area contributed by atoms with Crippen molar-refractivity contribution in [1.82, 2.24) is 0 Å². The highest BCUT2D eigenvalue weighted by atomic mass is 16.8. The van der Waals surface area contributed by atoms with Crippen molar-refractivity contribution >= 4 is 5.97 Å². The molecule has 6 nitrogen and oxygen atoms in total. The largest absolute Gasteiger partial charge is 0.466 e. The van der Waals surface area contributed by atoms with Gasteiger partial charge < -0.3 is 24.1 Å². The van der Waals surface area contributed by atoms with Gasteiger partial charge in [0.25, 0.3) is 0 Å². The zero-order valence-corrected chi connectivity index (χ0v) is 9.21. The maximum absolute atomic E-state index is 11.6. The number of hydrogen-bond acceptors (Lipinski definition) is 6. The number of esters is 1. The number of epoxide rings is 1. The van der Waals surface area contributed by atoms with E-state index in [4.69, 9.17) is 18.9 Å². The van der Waals surface area contributed by atoms with Gasteiger partial charge in [0, 0.05) is 5.92 Å². The minimum absolute atomic E-state index is 0.0567. The van der Waals surface area contributed by atoms with Crippen molar-refractivity contribution in [2.75, 3.05) is 13.7 Å². The van der Waals surface area contributed by atoms with Crippen molar-refractivity contribution in [3.8, 4) is 0 Å². The summed E-state index contributed by atoms with van der Waals surface area (Å²) < 4.78 is 20.8. The molecule has 4 rings (SSSR count). The predicted octanol–water partition coefficient (Wildman–Crippen LogP) is -0.477. The van der Waals surface area contributed by atoms with Gasteiger partial charge in [-0.1, -0.05) is 0 Å². The first-order valence-corrected chi connectivity index (χ1v) is 5.61. The molecule has 5 atom stereocenters. The summed E-state index contributed by atoms with van der Waals surface area (Å²) in [6.07, 6.45) is 2.03. The summed E-state index contributed by atoms with van der Waals surface area (Å²) in [6.45, 7) is 0.317. The molecule has 1 aliphatic carbocycles. The smallest absolute Gasteiger partial charge is 0.337 e. The number of rotatable bonds is 1. The van der Waals surface area contributed by atoms with Crippen LogP contribution in [0.1, 0.15) is 6.42 Å². The number of aliphatic hydroxyl groups is 1. The Morgan fingerprint density at radius 1 is 1.65 bits per heavy atom. The Labute approximate surface area is 97.1 Å². The van der Waals surface area contributed by atoms with E-state index in [1.54, 1.807) is 0 Å². The van der Waals surface area contributed by atoms with Crippen LogP contribution >= 0.6 is 0 Å². The molecule has 1 N–H and O–H groups in total. The fraction of sp³-hybridized carbons (Fsp3) is 0.727. The summed E-state index contributed by atoms with van der Waals surface area (Å²) in [5, 5.41) is 10.2. The van der Waals surface area contributed by atoms with Crippen molar-refractivity contribution in [3.63, 3.8) is 0 Å². The van der Waals surface area contributed by atoms with E-state index in [0.717, 1.165) is 0 Å². The number of hydrogen-bond donors (Lipinski definition) is 1. The highest BCUT2D eigenvalue weighted by molar-refractivity contribution is 5.89. The van der Waals surface area contributed by atoms with Gasteiger partial charge in [0.05, 0.1) is 31.3 Å². The lowest BCUT2D eigenvalue weighted by molar-refractivity contribution is -0.347. The van der Waals surface area contributed by atoms with Crippen LogP contribution in [-0.2, 0) is 23.7 Å². The van der Waals surface area contributed by atoms with Crippen molar-refractivity contribution in [2.45, 2.75) is 24.1 Å². The minimum Gasteiger partial charge on any atom is -0.466 e. The topological polar surface area (TPSA) is 77.5 Å². The Morgan fingerprint density at radius 3 is 3.24 bits per heavy atom. The second-order valence-electron chi connectivity index (χ2n) is 4.98. The summed E-state index contributed by atoms with van der Waals surface area (Å²) >= 11 is 0. The third kappa shape index (κ3) is 0.955. The lowest BCUT2D eigenvalue weighted by Crippen LogP contribution is -2.47. The molecular weight excluding hydrogens is 228 g/mol. The molecule has 0 aromatic carbocycles. The van der Waals surface area contributed by atoms with Gasteiger partial charge in [-0.15, -0.1) is 0 Å². The second kappa shape index (κ2) is 2.66. The van der Waals surface area contributed by atoms with Gasteiger partial charge in [-0.2, -0.15) is 0 Å². The summed E-state index contributed by atoms with van der Waals surface area (Å²) in [4.78, 5) is 11.6. The molecule has 0 amide bonds. The molecule has 2 saturated heterocycles. The van der Waals surface area contributed by atoms with E-state index < -0.39 is 17.5 Å². The quantitative estimate of drug-likeness (QED) is 0.493. The molecular formula is C11H12O6. The number of methoxy groups -OCH3 is 1. The number of carbonyl (C=O) groups excluding carboxylic acids is 1. The van der Waals surface area contributed by atoms with E-state index in [-0.39, 0.29) is 17.9 Å². The Bertz CT molecular complexity index is 445. The van der Waals surface area contributed by atoms with Crippen molar-refractivity contribution < 1.29 is 28.8 Å². The lowest BCUT2D eigenvalue weighted by atomic mass is 9.82. The van der Waals surface area contributed by atoms with E-state index in [0.29, 0.717) is 18.6 Å². The lowest BCUT2D eigenvalue weighted by Gasteiger charge is -2.36. The van der Waals surface area contributed by atoms with Crippen LogP contribution in [0.15, 0.2) is 11.8 Å². The van der Waals surface area contributed by atoms with Gasteiger partial charge in [-0.25, -0.2) is 4.79 Å². The Morgan fingerprint density at radius 2 is 2.47 bits per heavy atom. The van der Waals surface area contributed by atoms with Gasteiger partial charge in [0.1, 0.15) is 11.9 Å². The molecule has 3 heterocycles. The number of ether oxygens (including phenoxy) is 4. The van der Waals surface area contributed by atoms with Crippen molar-refractivity contribution in [1.29, 1.82) is 0 Å². The molecule has 1 spiro atoms. The molecule has 1 saturated carbocycles.